The quantitative estimate of drug-likeness (QED) is 0.547. The fourth-order valence-electron chi connectivity index (χ4n) is 1.57. The number of tetrazole rings is 1. The van der Waals surface area contributed by atoms with Crippen LogP contribution in [0.3, 0.4) is 0 Å². The molecule has 3 aromatic heterocycles. The zero-order valence-electron chi connectivity index (χ0n) is 10.2. The molecule has 0 unspecified atom stereocenters. The van der Waals surface area contributed by atoms with Crippen molar-refractivity contribution < 1.29 is 0 Å². The Morgan fingerprint density at radius 2 is 2.26 bits per heavy atom. The summed E-state index contributed by atoms with van der Waals surface area (Å²) in [7, 11) is 1.79. The summed E-state index contributed by atoms with van der Waals surface area (Å²) in [6.45, 7) is 2.11. The maximum atomic E-state index is 5.97. The Hall–Kier alpha value is -1.25. The van der Waals surface area contributed by atoms with E-state index < -0.39 is 0 Å². The van der Waals surface area contributed by atoms with Gasteiger partial charge in [-0.05, 0) is 46.3 Å². The summed E-state index contributed by atoms with van der Waals surface area (Å²) in [5, 5.41) is 14.0. The normalized spacial score (nSPS) is 11.3. The van der Waals surface area contributed by atoms with Crippen molar-refractivity contribution in [3.63, 3.8) is 0 Å². The minimum absolute atomic E-state index is 0.245. The van der Waals surface area contributed by atoms with Gasteiger partial charge in [0.1, 0.15) is 9.86 Å². The zero-order chi connectivity index (χ0) is 13.4. The summed E-state index contributed by atoms with van der Waals surface area (Å²) in [6.07, 6.45) is 0.967. The lowest BCUT2D eigenvalue weighted by molar-refractivity contribution is 0.664. The SMILES string of the molecule is CCc1cc2c(Sc3nnnn3C)nc(Cl)nc2s1. The topological polar surface area (TPSA) is 69.4 Å². The molecule has 0 aliphatic rings. The van der Waals surface area contributed by atoms with E-state index in [0.717, 1.165) is 21.7 Å². The lowest BCUT2D eigenvalue weighted by atomic mass is 10.3. The number of rotatable bonds is 3. The second-order valence-electron chi connectivity index (χ2n) is 3.77. The van der Waals surface area contributed by atoms with Crippen molar-refractivity contribution in [1.29, 1.82) is 0 Å². The van der Waals surface area contributed by atoms with Gasteiger partial charge in [-0.25, -0.2) is 14.6 Å². The number of fused-ring (bicyclic) bond motifs is 1. The average molecular weight is 313 g/mol. The highest BCUT2D eigenvalue weighted by Gasteiger charge is 2.14. The van der Waals surface area contributed by atoms with Crippen LogP contribution in [-0.2, 0) is 13.5 Å². The third-order valence-corrected chi connectivity index (χ3v) is 4.87. The van der Waals surface area contributed by atoms with Gasteiger partial charge in [0.15, 0.2) is 0 Å². The first-order valence-electron chi connectivity index (χ1n) is 5.53. The molecule has 3 rings (SSSR count). The summed E-state index contributed by atoms with van der Waals surface area (Å²) < 4.78 is 1.60. The van der Waals surface area contributed by atoms with Gasteiger partial charge >= 0.3 is 0 Å². The first-order chi connectivity index (χ1) is 9.17. The average Bonchev–Trinajstić information content (AvgIpc) is 2.96. The van der Waals surface area contributed by atoms with Crippen LogP contribution in [0.1, 0.15) is 11.8 Å². The molecule has 3 heterocycles. The minimum Gasteiger partial charge on any atom is -0.223 e. The third-order valence-electron chi connectivity index (χ3n) is 2.50. The molecule has 0 atom stereocenters. The summed E-state index contributed by atoms with van der Waals surface area (Å²) in [5.74, 6) is 0. The monoisotopic (exact) mass is 312 g/mol. The molecule has 0 N–H and O–H groups in total. The summed E-state index contributed by atoms with van der Waals surface area (Å²) in [5.41, 5.74) is 0. The number of hydrogen-bond donors (Lipinski definition) is 0. The fraction of sp³-hybridized carbons (Fsp3) is 0.300. The molecule has 0 spiro atoms. The Kier molecular flexibility index (Phi) is 3.38. The Balaban J connectivity index is 2.11. The standard InChI is InChI=1S/C10H9ClN6S2/c1-3-5-4-6-7(18-5)12-9(11)13-8(6)19-10-14-15-16-17(10)2/h4H,3H2,1-2H3. The number of nitrogens with zero attached hydrogens (tertiary/aromatic N) is 6. The molecule has 9 heteroatoms. The molecule has 0 saturated carbocycles. The molecule has 0 aromatic carbocycles. The second kappa shape index (κ2) is 5.03. The molecule has 0 aliphatic carbocycles. The lowest BCUT2D eigenvalue weighted by Crippen LogP contribution is -1.94. The van der Waals surface area contributed by atoms with Gasteiger partial charge in [0.25, 0.3) is 0 Å². The van der Waals surface area contributed by atoms with Crippen molar-refractivity contribution in [2.75, 3.05) is 0 Å². The van der Waals surface area contributed by atoms with Gasteiger partial charge in [-0.15, -0.1) is 16.4 Å². The molecule has 3 aromatic rings. The van der Waals surface area contributed by atoms with E-state index in [1.54, 1.807) is 23.1 Å². The Bertz CT molecular complexity index is 737. The Labute approximate surface area is 122 Å². The molecule has 0 radical (unpaired) electrons. The third kappa shape index (κ3) is 2.43. The van der Waals surface area contributed by atoms with Crippen molar-refractivity contribution in [3.8, 4) is 0 Å². The van der Waals surface area contributed by atoms with Gasteiger partial charge in [-0.1, -0.05) is 6.92 Å². The van der Waals surface area contributed by atoms with Crippen molar-refractivity contribution in [2.45, 2.75) is 23.5 Å². The second-order valence-corrected chi connectivity index (χ2v) is 6.18. The van der Waals surface area contributed by atoms with Crippen molar-refractivity contribution in [3.05, 3.63) is 16.2 Å². The van der Waals surface area contributed by atoms with Crippen molar-refractivity contribution >= 4 is 44.9 Å². The maximum absolute atomic E-state index is 5.97. The van der Waals surface area contributed by atoms with Crippen LogP contribution in [0, 0.1) is 0 Å². The highest BCUT2D eigenvalue weighted by Crippen LogP contribution is 2.34. The highest BCUT2D eigenvalue weighted by atomic mass is 35.5. The number of hydrogen-bond acceptors (Lipinski definition) is 7. The summed E-state index contributed by atoms with van der Waals surface area (Å²) in [6, 6.07) is 2.10. The van der Waals surface area contributed by atoms with Gasteiger partial charge < -0.3 is 0 Å². The summed E-state index contributed by atoms with van der Waals surface area (Å²) >= 11 is 8.99. The van der Waals surface area contributed by atoms with Crippen molar-refractivity contribution in [2.24, 2.45) is 7.05 Å². The van der Waals surface area contributed by atoms with Crippen LogP contribution in [0.15, 0.2) is 16.2 Å². The van der Waals surface area contributed by atoms with E-state index in [-0.39, 0.29) is 5.28 Å². The van der Waals surface area contributed by atoms with E-state index >= 15 is 0 Å². The van der Waals surface area contributed by atoms with Crippen molar-refractivity contribution in [1.82, 2.24) is 30.2 Å². The van der Waals surface area contributed by atoms with Crippen LogP contribution in [0.25, 0.3) is 10.2 Å². The predicted octanol–water partition coefficient (Wildman–Crippen LogP) is 2.58. The van der Waals surface area contributed by atoms with Gasteiger partial charge in [0, 0.05) is 17.3 Å². The maximum Gasteiger partial charge on any atom is 0.224 e. The number of thiophene rings is 1. The largest absolute Gasteiger partial charge is 0.224 e. The van der Waals surface area contributed by atoms with Crippen LogP contribution >= 0.6 is 34.7 Å². The van der Waals surface area contributed by atoms with Gasteiger partial charge in [-0.2, -0.15) is 0 Å². The zero-order valence-corrected chi connectivity index (χ0v) is 12.6. The van der Waals surface area contributed by atoms with Crippen LogP contribution in [-0.4, -0.2) is 30.2 Å². The molecular formula is C10H9ClN6S2. The van der Waals surface area contributed by atoms with Crippen LogP contribution in [0.5, 0.6) is 0 Å². The fourth-order valence-corrected chi connectivity index (χ4v) is 3.68. The van der Waals surface area contributed by atoms with E-state index in [9.17, 15) is 0 Å². The lowest BCUT2D eigenvalue weighted by Gasteiger charge is -2.00. The van der Waals surface area contributed by atoms with Crippen LogP contribution in [0.2, 0.25) is 5.28 Å². The molecule has 0 aliphatic heterocycles. The smallest absolute Gasteiger partial charge is 0.223 e. The predicted molar refractivity (Wildman–Crippen MR) is 74.7 cm³/mol. The number of aromatic nitrogens is 6. The molecule has 0 saturated heterocycles. The van der Waals surface area contributed by atoms with E-state index in [0.29, 0.717) is 5.16 Å². The number of aryl methyl sites for hydroxylation is 2. The van der Waals surface area contributed by atoms with E-state index in [4.69, 9.17) is 11.6 Å². The minimum atomic E-state index is 0.245. The molecular weight excluding hydrogens is 304 g/mol. The van der Waals surface area contributed by atoms with E-state index in [1.165, 1.54) is 16.6 Å². The molecule has 6 nitrogen and oxygen atoms in total. The highest BCUT2D eigenvalue weighted by molar-refractivity contribution is 7.99. The first-order valence-corrected chi connectivity index (χ1v) is 7.54. The Morgan fingerprint density at radius 3 is 2.95 bits per heavy atom. The van der Waals surface area contributed by atoms with Crippen LogP contribution in [0.4, 0.5) is 0 Å². The van der Waals surface area contributed by atoms with E-state index in [1.807, 2.05) is 0 Å². The first kappa shape index (κ1) is 12.8. The van der Waals surface area contributed by atoms with E-state index in [2.05, 4.69) is 38.5 Å². The number of halogens is 1. The van der Waals surface area contributed by atoms with Crippen LogP contribution < -0.4 is 0 Å². The molecule has 0 amide bonds. The van der Waals surface area contributed by atoms with Gasteiger partial charge in [-0.3, -0.25) is 0 Å². The summed E-state index contributed by atoms with van der Waals surface area (Å²) in [4.78, 5) is 10.7. The van der Waals surface area contributed by atoms with Gasteiger partial charge in [0.05, 0.1) is 0 Å². The molecule has 98 valence electrons. The van der Waals surface area contributed by atoms with Gasteiger partial charge in [0.2, 0.25) is 10.4 Å². The molecule has 19 heavy (non-hydrogen) atoms. The molecule has 0 fully saturated rings. The molecule has 0 bridgehead atoms. The Morgan fingerprint density at radius 1 is 1.42 bits per heavy atom.